The van der Waals surface area contributed by atoms with E-state index in [2.05, 4.69) is 0 Å². The van der Waals surface area contributed by atoms with E-state index in [0.717, 1.165) is 0 Å². The molecule has 0 aliphatic rings. The van der Waals surface area contributed by atoms with Gasteiger partial charge in [-0.2, -0.15) is 0 Å². The predicted octanol–water partition coefficient (Wildman–Crippen LogP) is 0.205. The molecule has 0 amide bonds. The third kappa shape index (κ3) is 3.12. The normalized spacial score (nSPS) is 9.94. The summed E-state index contributed by atoms with van der Waals surface area (Å²) in [6, 6.07) is 2.58. The van der Waals surface area contributed by atoms with Crippen LogP contribution in [0, 0.1) is 0 Å². The molecule has 7 heteroatoms. The molecule has 0 radical (unpaired) electrons. The van der Waals surface area contributed by atoms with Crippen molar-refractivity contribution in [2.75, 3.05) is 13.7 Å². The highest BCUT2D eigenvalue weighted by Gasteiger charge is 2.22. The summed E-state index contributed by atoms with van der Waals surface area (Å²) in [5.74, 6) is -0.483. The van der Waals surface area contributed by atoms with Crippen molar-refractivity contribution in [1.82, 2.24) is 0 Å². The van der Waals surface area contributed by atoms with Gasteiger partial charge in [-0.1, -0.05) is 11.6 Å². The first-order valence-corrected chi connectivity index (χ1v) is 5.29. The van der Waals surface area contributed by atoms with Gasteiger partial charge in [0.2, 0.25) is 0 Å². The summed E-state index contributed by atoms with van der Waals surface area (Å²) in [5, 5.41) is 18.2. The molecule has 1 rings (SSSR count). The molecular weight excluding hydrogens is 246 g/mol. The van der Waals surface area contributed by atoms with Crippen LogP contribution in [0.2, 0.25) is 5.02 Å². The Morgan fingerprint density at radius 1 is 1.47 bits per heavy atom. The monoisotopic (exact) mass is 258 g/mol. The fourth-order valence-electron chi connectivity index (χ4n) is 1.33. The van der Waals surface area contributed by atoms with Crippen molar-refractivity contribution in [2.24, 2.45) is 0 Å². The number of halogens is 1. The second-order valence-electron chi connectivity index (χ2n) is 3.18. The lowest BCUT2D eigenvalue weighted by atomic mass is 9.79. The van der Waals surface area contributed by atoms with E-state index in [0.29, 0.717) is 0 Å². The molecule has 0 spiro atoms. The summed E-state index contributed by atoms with van der Waals surface area (Å²) in [7, 11) is -0.356. The van der Waals surface area contributed by atoms with E-state index in [-0.39, 0.29) is 28.4 Å². The number of esters is 1. The maximum Gasteiger partial charge on any atom is 0.488 e. The molecule has 0 aromatic heterocycles. The third-order valence-electron chi connectivity index (χ3n) is 2.06. The molecule has 0 atom stereocenters. The Kier molecular flexibility index (Phi) is 4.80. The van der Waals surface area contributed by atoms with Gasteiger partial charge in [0.15, 0.2) is 5.75 Å². The molecule has 0 unspecified atom stereocenters. The molecule has 2 N–H and O–H groups in total. The number of carbonyl (C=O) groups is 1. The van der Waals surface area contributed by atoms with Crippen LogP contribution in [0.1, 0.15) is 17.3 Å². The summed E-state index contributed by atoms with van der Waals surface area (Å²) >= 11 is 5.87. The van der Waals surface area contributed by atoms with Crippen LogP contribution in [-0.4, -0.2) is 36.9 Å². The predicted molar refractivity (Wildman–Crippen MR) is 63.8 cm³/mol. The van der Waals surface area contributed by atoms with E-state index in [1.54, 1.807) is 6.92 Å². The number of hydrogen-bond acceptors (Lipinski definition) is 5. The number of methoxy groups -OCH3 is 1. The quantitative estimate of drug-likeness (QED) is 0.596. The topological polar surface area (TPSA) is 76.0 Å². The molecular formula is C10H12BClO5. The first-order valence-electron chi connectivity index (χ1n) is 4.92. The zero-order chi connectivity index (χ0) is 13.0. The van der Waals surface area contributed by atoms with Gasteiger partial charge in [-0.15, -0.1) is 0 Å². The SMILES string of the molecule is CCOC(=O)c1cc(B(O)O)cc(Cl)c1OC. The number of benzene rings is 1. The Labute approximate surface area is 104 Å². The van der Waals surface area contributed by atoms with E-state index >= 15 is 0 Å². The highest BCUT2D eigenvalue weighted by Crippen LogP contribution is 2.28. The lowest BCUT2D eigenvalue weighted by molar-refractivity contribution is 0.0523. The van der Waals surface area contributed by atoms with Gasteiger partial charge in [-0.25, -0.2) is 4.79 Å². The van der Waals surface area contributed by atoms with Crippen LogP contribution in [0.15, 0.2) is 12.1 Å². The highest BCUT2D eigenvalue weighted by atomic mass is 35.5. The van der Waals surface area contributed by atoms with Gasteiger partial charge >= 0.3 is 13.1 Å². The van der Waals surface area contributed by atoms with Crippen molar-refractivity contribution >= 4 is 30.2 Å². The smallest absolute Gasteiger partial charge is 0.488 e. The van der Waals surface area contributed by atoms with Crippen molar-refractivity contribution in [3.8, 4) is 5.75 Å². The minimum absolute atomic E-state index is 0.0601. The van der Waals surface area contributed by atoms with E-state index in [1.807, 2.05) is 0 Å². The van der Waals surface area contributed by atoms with Gasteiger partial charge in [0.1, 0.15) is 5.56 Å². The maximum absolute atomic E-state index is 11.6. The molecule has 0 aliphatic carbocycles. The van der Waals surface area contributed by atoms with E-state index in [1.165, 1.54) is 19.2 Å². The van der Waals surface area contributed by atoms with E-state index < -0.39 is 13.1 Å². The van der Waals surface area contributed by atoms with Crippen LogP contribution >= 0.6 is 11.6 Å². The molecule has 0 fully saturated rings. The van der Waals surface area contributed by atoms with Crippen molar-refractivity contribution in [2.45, 2.75) is 6.92 Å². The second kappa shape index (κ2) is 5.91. The van der Waals surface area contributed by atoms with Crippen molar-refractivity contribution < 1.29 is 24.3 Å². The summed E-state index contributed by atoms with van der Waals surface area (Å²) < 4.78 is 9.80. The summed E-state index contributed by atoms with van der Waals surface area (Å²) in [6.45, 7) is 1.86. The third-order valence-corrected chi connectivity index (χ3v) is 2.34. The first-order chi connectivity index (χ1) is 8.01. The number of hydrogen-bond donors (Lipinski definition) is 2. The fraction of sp³-hybridized carbons (Fsp3) is 0.300. The van der Waals surface area contributed by atoms with Crippen molar-refractivity contribution in [3.05, 3.63) is 22.7 Å². The zero-order valence-electron chi connectivity index (χ0n) is 9.44. The summed E-state index contributed by atoms with van der Waals surface area (Å²) in [5.41, 5.74) is 0.156. The number of carbonyl (C=O) groups excluding carboxylic acids is 1. The maximum atomic E-state index is 11.6. The lowest BCUT2D eigenvalue weighted by Crippen LogP contribution is -2.31. The van der Waals surface area contributed by atoms with Crippen LogP contribution in [-0.2, 0) is 4.74 Å². The van der Waals surface area contributed by atoms with Crippen LogP contribution in [0.3, 0.4) is 0 Å². The van der Waals surface area contributed by atoms with E-state index in [4.69, 9.17) is 31.1 Å². The molecule has 0 bridgehead atoms. The Balaban J connectivity index is 3.28. The van der Waals surface area contributed by atoms with Crippen LogP contribution in [0.5, 0.6) is 5.75 Å². The Morgan fingerprint density at radius 2 is 2.12 bits per heavy atom. The van der Waals surface area contributed by atoms with Crippen molar-refractivity contribution in [1.29, 1.82) is 0 Å². The minimum Gasteiger partial charge on any atom is -0.494 e. The van der Waals surface area contributed by atoms with Crippen LogP contribution < -0.4 is 10.2 Å². The average molecular weight is 258 g/mol. The van der Waals surface area contributed by atoms with Crippen molar-refractivity contribution in [3.63, 3.8) is 0 Å². The summed E-state index contributed by atoms with van der Waals surface area (Å²) in [4.78, 5) is 11.6. The molecule has 0 aliphatic heterocycles. The van der Waals surface area contributed by atoms with Gasteiger partial charge in [-0.3, -0.25) is 0 Å². The second-order valence-corrected chi connectivity index (χ2v) is 3.58. The van der Waals surface area contributed by atoms with E-state index in [9.17, 15) is 4.79 Å². The molecule has 17 heavy (non-hydrogen) atoms. The zero-order valence-corrected chi connectivity index (χ0v) is 10.2. The molecule has 5 nitrogen and oxygen atoms in total. The molecule has 0 heterocycles. The van der Waals surface area contributed by atoms with Crippen LogP contribution in [0.4, 0.5) is 0 Å². The Morgan fingerprint density at radius 3 is 2.59 bits per heavy atom. The average Bonchev–Trinajstić information content (AvgIpc) is 2.28. The Hall–Kier alpha value is -1.24. The van der Waals surface area contributed by atoms with Gasteiger partial charge in [0, 0.05) is 0 Å². The molecule has 0 saturated heterocycles. The lowest BCUT2D eigenvalue weighted by Gasteiger charge is -2.11. The highest BCUT2D eigenvalue weighted by molar-refractivity contribution is 6.59. The molecule has 1 aromatic rings. The molecule has 1 aromatic carbocycles. The first kappa shape index (κ1) is 13.8. The van der Waals surface area contributed by atoms with Crippen LogP contribution in [0.25, 0.3) is 0 Å². The Bertz CT molecular complexity index is 421. The number of rotatable bonds is 4. The van der Waals surface area contributed by atoms with Gasteiger partial charge in [0.05, 0.1) is 18.7 Å². The van der Waals surface area contributed by atoms with Gasteiger partial charge in [0.25, 0.3) is 0 Å². The largest absolute Gasteiger partial charge is 0.494 e. The molecule has 92 valence electrons. The standard InChI is InChI=1S/C10H12BClO5/c1-3-17-10(13)7-4-6(11(14)15)5-8(12)9(7)16-2/h4-5,14-15H,3H2,1-2H3. The van der Waals surface area contributed by atoms with Gasteiger partial charge < -0.3 is 19.5 Å². The summed E-state index contributed by atoms with van der Waals surface area (Å²) in [6.07, 6.45) is 0. The van der Waals surface area contributed by atoms with Gasteiger partial charge in [-0.05, 0) is 24.5 Å². The molecule has 0 saturated carbocycles. The fourth-order valence-corrected chi connectivity index (χ4v) is 1.64. The number of ether oxygens (including phenoxy) is 2. The minimum atomic E-state index is -1.72.